The minimum Gasteiger partial charge on any atom is -0.507 e. The molecular weight excluding hydrogens is 268 g/mol. The summed E-state index contributed by atoms with van der Waals surface area (Å²) in [5.74, 6) is -0.0539. The van der Waals surface area contributed by atoms with E-state index in [2.05, 4.69) is 20.7 Å². The van der Waals surface area contributed by atoms with Crippen molar-refractivity contribution < 1.29 is 9.90 Å². The zero-order valence-corrected chi connectivity index (χ0v) is 12.1. The van der Waals surface area contributed by atoms with Gasteiger partial charge in [-0.1, -0.05) is 12.1 Å². The van der Waals surface area contributed by atoms with E-state index in [1.807, 2.05) is 13.8 Å². The zero-order chi connectivity index (χ0) is 15.2. The van der Waals surface area contributed by atoms with Gasteiger partial charge in [-0.05, 0) is 38.0 Å². The summed E-state index contributed by atoms with van der Waals surface area (Å²) in [6.45, 7) is 3.84. The topological polar surface area (TPSA) is 90.4 Å². The second-order valence-corrected chi connectivity index (χ2v) is 4.76. The highest BCUT2D eigenvalue weighted by atomic mass is 16.3. The molecule has 21 heavy (non-hydrogen) atoms. The van der Waals surface area contributed by atoms with E-state index in [0.29, 0.717) is 18.4 Å². The number of aromatic hydroxyl groups is 1. The largest absolute Gasteiger partial charge is 0.507 e. The van der Waals surface area contributed by atoms with Crippen LogP contribution in [-0.2, 0) is 11.2 Å². The number of carbonyl (C=O) groups is 1. The van der Waals surface area contributed by atoms with Gasteiger partial charge in [0.25, 0.3) is 0 Å². The first-order valence-electron chi connectivity index (χ1n) is 6.68. The quantitative estimate of drug-likeness (QED) is 0.578. The van der Waals surface area contributed by atoms with Gasteiger partial charge in [-0.25, -0.2) is 5.43 Å². The van der Waals surface area contributed by atoms with Crippen LogP contribution in [0.4, 0.5) is 0 Å². The molecule has 6 heteroatoms. The number of hydrogen-bond acceptors (Lipinski definition) is 4. The first-order chi connectivity index (χ1) is 10.1. The number of aryl methyl sites for hydroxylation is 2. The van der Waals surface area contributed by atoms with Gasteiger partial charge in [0.15, 0.2) is 0 Å². The number of aromatic nitrogens is 2. The van der Waals surface area contributed by atoms with Crippen molar-refractivity contribution in [3.63, 3.8) is 0 Å². The smallest absolute Gasteiger partial charge is 0.240 e. The van der Waals surface area contributed by atoms with E-state index in [4.69, 9.17) is 0 Å². The molecule has 0 aliphatic carbocycles. The number of phenols is 1. The molecule has 0 aliphatic heterocycles. The normalized spacial score (nSPS) is 11.0. The molecule has 1 amide bonds. The van der Waals surface area contributed by atoms with E-state index in [0.717, 1.165) is 17.0 Å². The number of benzene rings is 1. The Labute approximate surface area is 122 Å². The third-order valence-corrected chi connectivity index (χ3v) is 3.21. The molecule has 0 saturated carbocycles. The highest BCUT2D eigenvalue weighted by molar-refractivity contribution is 5.85. The molecular formula is C15H18N4O2. The summed E-state index contributed by atoms with van der Waals surface area (Å²) in [4.78, 5) is 11.7. The van der Waals surface area contributed by atoms with E-state index < -0.39 is 0 Å². The maximum atomic E-state index is 11.7. The number of para-hydroxylation sites is 1. The molecule has 0 unspecified atom stereocenters. The van der Waals surface area contributed by atoms with Crippen molar-refractivity contribution in [2.24, 2.45) is 5.10 Å². The molecule has 0 atom stereocenters. The number of nitrogens with one attached hydrogen (secondary N) is 2. The summed E-state index contributed by atoms with van der Waals surface area (Å²) in [5.41, 5.74) is 5.97. The monoisotopic (exact) mass is 286 g/mol. The fraction of sp³-hybridized carbons (Fsp3) is 0.267. The lowest BCUT2D eigenvalue weighted by Crippen LogP contribution is -2.18. The van der Waals surface area contributed by atoms with Crippen LogP contribution in [0, 0.1) is 13.8 Å². The summed E-state index contributed by atoms with van der Waals surface area (Å²) in [6.07, 6.45) is 2.37. The molecule has 2 aromatic rings. The molecule has 110 valence electrons. The third-order valence-electron chi connectivity index (χ3n) is 3.21. The fourth-order valence-electron chi connectivity index (χ4n) is 2.01. The Bertz CT molecular complexity index is 642. The Balaban J connectivity index is 1.84. The van der Waals surface area contributed by atoms with Gasteiger partial charge in [0.2, 0.25) is 5.91 Å². The maximum Gasteiger partial charge on any atom is 0.240 e. The van der Waals surface area contributed by atoms with Crippen molar-refractivity contribution in [1.29, 1.82) is 0 Å². The van der Waals surface area contributed by atoms with E-state index >= 15 is 0 Å². The highest BCUT2D eigenvalue weighted by Gasteiger charge is 2.08. The number of amides is 1. The Kier molecular flexibility index (Phi) is 4.71. The van der Waals surface area contributed by atoms with Crippen molar-refractivity contribution >= 4 is 12.1 Å². The van der Waals surface area contributed by atoms with Crippen LogP contribution in [0.15, 0.2) is 29.4 Å². The molecule has 0 saturated heterocycles. The van der Waals surface area contributed by atoms with Gasteiger partial charge in [0.05, 0.1) is 11.9 Å². The zero-order valence-electron chi connectivity index (χ0n) is 12.1. The molecule has 2 rings (SSSR count). The molecule has 6 nitrogen and oxygen atoms in total. The van der Waals surface area contributed by atoms with E-state index in [9.17, 15) is 9.90 Å². The molecule has 1 heterocycles. The van der Waals surface area contributed by atoms with E-state index in [-0.39, 0.29) is 11.7 Å². The Morgan fingerprint density at radius 2 is 2.19 bits per heavy atom. The van der Waals surface area contributed by atoms with Crippen LogP contribution in [0.25, 0.3) is 0 Å². The summed E-state index contributed by atoms with van der Waals surface area (Å²) in [7, 11) is 0. The Morgan fingerprint density at radius 1 is 1.43 bits per heavy atom. The van der Waals surface area contributed by atoms with Crippen LogP contribution in [0.2, 0.25) is 0 Å². The van der Waals surface area contributed by atoms with Crippen molar-refractivity contribution in [2.75, 3.05) is 0 Å². The number of hydrogen-bond donors (Lipinski definition) is 3. The summed E-state index contributed by atoms with van der Waals surface area (Å²) < 4.78 is 0. The van der Waals surface area contributed by atoms with Gasteiger partial charge < -0.3 is 5.11 Å². The van der Waals surface area contributed by atoms with Crippen LogP contribution < -0.4 is 5.43 Å². The molecule has 0 bridgehead atoms. The molecule has 0 spiro atoms. The van der Waals surface area contributed by atoms with Crippen molar-refractivity contribution in [3.8, 4) is 5.75 Å². The number of nitrogens with zero attached hydrogens (tertiary/aromatic N) is 2. The minimum atomic E-state index is -0.179. The van der Waals surface area contributed by atoms with Gasteiger partial charge in [0, 0.05) is 17.7 Å². The molecule has 1 aromatic heterocycles. The van der Waals surface area contributed by atoms with Crippen LogP contribution >= 0.6 is 0 Å². The third kappa shape index (κ3) is 3.92. The standard InChI is InChI=1S/C15H18N4O2/c1-10-13(11(2)18-17-10)7-8-15(21)19-16-9-12-5-3-4-6-14(12)20/h3-6,9,20H,7-8H2,1-2H3,(H,17,18)(H,19,21)/b16-9+. The van der Waals surface area contributed by atoms with Crippen molar-refractivity contribution in [3.05, 3.63) is 46.8 Å². The van der Waals surface area contributed by atoms with Crippen molar-refractivity contribution in [2.45, 2.75) is 26.7 Å². The van der Waals surface area contributed by atoms with E-state index in [1.54, 1.807) is 24.3 Å². The van der Waals surface area contributed by atoms with Gasteiger partial charge in [0.1, 0.15) is 5.75 Å². The average Bonchev–Trinajstić information content (AvgIpc) is 2.78. The summed E-state index contributed by atoms with van der Waals surface area (Å²) in [6, 6.07) is 6.78. The molecule has 1 aromatic carbocycles. The number of rotatable bonds is 5. The Morgan fingerprint density at radius 3 is 2.86 bits per heavy atom. The van der Waals surface area contributed by atoms with Crippen LogP contribution in [-0.4, -0.2) is 27.4 Å². The van der Waals surface area contributed by atoms with E-state index in [1.165, 1.54) is 6.21 Å². The predicted octanol–water partition coefficient (Wildman–Crippen LogP) is 1.82. The predicted molar refractivity (Wildman–Crippen MR) is 80.2 cm³/mol. The van der Waals surface area contributed by atoms with Gasteiger partial charge in [-0.2, -0.15) is 10.2 Å². The Hall–Kier alpha value is -2.63. The molecule has 0 radical (unpaired) electrons. The number of phenolic OH excluding ortho intramolecular Hbond substituents is 1. The lowest BCUT2D eigenvalue weighted by molar-refractivity contribution is -0.121. The summed E-state index contributed by atoms with van der Waals surface area (Å²) >= 11 is 0. The maximum absolute atomic E-state index is 11.7. The highest BCUT2D eigenvalue weighted by Crippen LogP contribution is 2.13. The van der Waals surface area contributed by atoms with Gasteiger partial charge in [-0.15, -0.1) is 0 Å². The number of H-pyrrole nitrogens is 1. The number of hydrazone groups is 1. The first kappa shape index (κ1) is 14.8. The van der Waals surface area contributed by atoms with Crippen LogP contribution in [0.5, 0.6) is 5.75 Å². The second-order valence-electron chi connectivity index (χ2n) is 4.76. The number of carbonyl (C=O) groups excluding carboxylic acids is 1. The number of aromatic amines is 1. The summed E-state index contributed by atoms with van der Waals surface area (Å²) in [5, 5.41) is 20.4. The second kappa shape index (κ2) is 6.69. The first-order valence-corrected chi connectivity index (χ1v) is 6.68. The molecule has 3 N–H and O–H groups in total. The van der Waals surface area contributed by atoms with Crippen LogP contribution in [0.1, 0.15) is 28.9 Å². The van der Waals surface area contributed by atoms with Crippen molar-refractivity contribution in [1.82, 2.24) is 15.6 Å². The minimum absolute atomic E-state index is 0.125. The average molecular weight is 286 g/mol. The molecule has 0 fully saturated rings. The lowest BCUT2D eigenvalue weighted by Gasteiger charge is -2.01. The lowest BCUT2D eigenvalue weighted by atomic mass is 10.1. The van der Waals surface area contributed by atoms with Crippen LogP contribution in [0.3, 0.4) is 0 Å². The van der Waals surface area contributed by atoms with Gasteiger partial charge >= 0.3 is 0 Å². The molecule has 0 aliphatic rings. The SMILES string of the molecule is Cc1n[nH]c(C)c1CCC(=O)N/N=C/c1ccccc1O. The fourth-order valence-corrected chi connectivity index (χ4v) is 2.01. The van der Waals surface area contributed by atoms with Gasteiger partial charge in [-0.3, -0.25) is 9.89 Å².